The van der Waals surface area contributed by atoms with Gasteiger partial charge in [-0.1, -0.05) is 42.5 Å². The summed E-state index contributed by atoms with van der Waals surface area (Å²) in [7, 11) is 0. The lowest BCUT2D eigenvalue weighted by Gasteiger charge is -2.39. The number of rotatable bonds is 1. The summed E-state index contributed by atoms with van der Waals surface area (Å²) in [5.41, 5.74) is 5.62. The van der Waals surface area contributed by atoms with Gasteiger partial charge in [-0.2, -0.15) is 0 Å². The van der Waals surface area contributed by atoms with Gasteiger partial charge in [0.2, 0.25) is 5.91 Å². The summed E-state index contributed by atoms with van der Waals surface area (Å²) in [6.45, 7) is 7.12. The quantitative estimate of drug-likeness (QED) is 0.788. The van der Waals surface area contributed by atoms with Crippen LogP contribution in [0.2, 0.25) is 0 Å². The molecule has 2 aliphatic heterocycles. The highest BCUT2D eigenvalue weighted by Crippen LogP contribution is 2.42. The van der Waals surface area contributed by atoms with E-state index in [4.69, 9.17) is 0 Å². The number of para-hydroxylation sites is 1. The third-order valence-corrected chi connectivity index (χ3v) is 4.97. The van der Waals surface area contributed by atoms with E-state index in [1.165, 1.54) is 22.3 Å². The average Bonchev–Trinajstić information content (AvgIpc) is 2.91. The zero-order valence-electron chi connectivity index (χ0n) is 14.4. The van der Waals surface area contributed by atoms with Crippen LogP contribution in [-0.4, -0.2) is 23.0 Å². The summed E-state index contributed by atoms with van der Waals surface area (Å²) in [6, 6.07) is 16.9. The number of benzene rings is 2. The van der Waals surface area contributed by atoms with Crippen molar-refractivity contribution in [3.8, 4) is 0 Å². The number of carbonyl (C=O) groups is 1. The number of aryl methyl sites for hydroxylation is 1. The second-order valence-corrected chi connectivity index (χ2v) is 7.12. The fraction of sp³-hybridized carbons (Fsp3) is 0.286. The number of carbonyl (C=O) groups excluding carboxylic acids is 1. The van der Waals surface area contributed by atoms with Crippen LogP contribution < -0.4 is 5.01 Å². The second-order valence-electron chi connectivity index (χ2n) is 7.12. The molecule has 3 heteroatoms. The predicted octanol–water partition coefficient (Wildman–Crippen LogP) is 4.17. The van der Waals surface area contributed by atoms with Crippen LogP contribution in [0.3, 0.4) is 0 Å². The van der Waals surface area contributed by atoms with Gasteiger partial charge >= 0.3 is 0 Å². The lowest BCUT2D eigenvalue weighted by molar-refractivity contribution is -0.131. The number of hydrogen-bond acceptors (Lipinski definition) is 2. The molecule has 4 rings (SSSR count). The molecule has 1 fully saturated rings. The van der Waals surface area contributed by atoms with E-state index in [1.54, 1.807) is 0 Å². The number of anilines is 1. The molecule has 2 aromatic carbocycles. The van der Waals surface area contributed by atoms with Crippen molar-refractivity contribution in [2.45, 2.75) is 32.7 Å². The van der Waals surface area contributed by atoms with Crippen LogP contribution in [0.15, 0.2) is 54.6 Å². The van der Waals surface area contributed by atoms with E-state index < -0.39 is 0 Å². The maximum Gasteiger partial charge on any atom is 0.243 e. The van der Waals surface area contributed by atoms with Crippen molar-refractivity contribution in [1.29, 1.82) is 0 Å². The number of hydrogen-bond donors (Lipinski definition) is 0. The maximum absolute atomic E-state index is 12.6. The van der Waals surface area contributed by atoms with Crippen molar-refractivity contribution >= 4 is 17.2 Å². The van der Waals surface area contributed by atoms with Gasteiger partial charge in [0, 0.05) is 18.5 Å². The Morgan fingerprint density at radius 2 is 1.62 bits per heavy atom. The molecule has 0 bridgehead atoms. The van der Waals surface area contributed by atoms with E-state index in [0.29, 0.717) is 6.42 Å². The minimum Gasteiger partial charge on any atom is -0.281 e. The Labute approximate surface area is 143 Å². The van der Waals surface area contributed by atoms with Gasteiger partial charge < -0.3 is 0 Å². The molecule has 0 aromatic heterocycles. The molecule has 1 amide bonds. The van der Waals surface area contributed by atoms with Crippen LogP contribution in [0, 0.1) is 6.92 Å². The Balaban J connectivity index is 2.01. The molecule has 1 saturated heterocycles. The number of nitrogens with zero attached hydrogens (tertiary/aromatic N) is 2. The lowest BCUT2D eigenvalue weighted by Crippen LogP contribution is -2.51. The minimum absolute atomic E-state index is 0.192. The highest BCUT2D eigenvalue weighted by atomic mass is 16.2. The smallest absolute Gasteiger partial charge is 0.243 e. The Hall–Kier alpha value is -2.55. The van der Waals surface area contributed by atoms with Gasteiger partial charge in [0.15, 0.2) is 0 Å². The molecule has 0 atom stereocenters. The Morgan fingerprint density at radius 1 is 0.958 bits per heavy atom. The summed E-state index contributed by atoms with van der Waals surface area (Å²) in [5.74, 6) is 0.192. The molecular formula is C21H22N2O. The first-order valence-corrected chi connectivity index (χ1v) is 8.48. The Morgan fingerprint density at radius 3 is 2.38 bits per heavy atom. The molecule has 24 heavy (non-hydrogen) atoms. The number of fused-ring (bicyclic) bond motifs is 3. The topological polar surface area (TPSA) is 23.6 Å². The Bertz CT molecular complexity index is 850. The molecular weight excluding hydrogens is 296 g/mol. The molecule has 0 N–H and O–H groups in total. The van der Waals surface area contributed by atoms with Crippen LogP contribution in [0.4, 0.5) is 5.69 Å². The van der Waals surface area contributed by atoms with E-state index in [2.05, 4.69) is 74.3 Å². The fourth-order valence-corrected chi connectivity index (χ4v) is 3.92. The molecule has 0 saturated carbocycles. The molecule has 0 radical (unpaired) electrons. The standard InChI is InChI=1S/C21H22N2O/c1-15-8-4-5-9-16(15)18-14-21(2,3)23-20(24)12-13-22(23)19-11-7-6-10-17(18)19/h4-11,14H,12-13H2,1-3H3. The van der Waals surface area contributed by atoms with Crippen molar-refractivity contribution in [1.82, 2.24) is 5.01 Å². The van der Waals surface area contributed by atoms with Gasteiger partial charge in [-0.15, -0.1) is 0 Å². The monoisotopic (exact) mass is 318 g/mol. The van der Waals surface area contributed by atoms with E-state index in [-0.39, 0.29) is 11.4 Å². The van der Waals surface area contributed by atoms with Gasteiger partial charge in [0.25, 0.3) is 0 Å². The predicted molar refractivity (Wildman–Crippen MR) is 97.6 cm³/mol. The molecule has 3 nitrogen and oxygen atoms in total. The largest absolute Gasteiger partial charge is 0.281 e. The zero-order valence-corrected chi connectivity index (χ0v) is 14.4. The van der Waals surface area contributed by atoms with Gasteiger partial charge in [0.05, 0.1) is 11.2 Å². The van der Waals surface area contributed by atoms with E-state index in [1.807, 2.05) is 11.1 Å². The molecule has 2 aromatic rings. The first-order chi connectivity index (χ1) is 11.5. The van der Waals surface area contributed by atoms with E-state index in [0.717, 1.165) is 12.2 Å². The average molecular weight is 318 g/mol. The zero-order chi connectivity index (χ0) is 16.9. The summed E-state index contributed by atoms with van der Waals surface area (Å²) < 4.78 is 0. The van der Waals surface area contributed by atoms with Gasteiger partial charge in [-0.05, 0) is 49.6 Å². The number of amides is 1. The van der Waals surface area contributed by atoms with Crippen LogP contribution in [0.5, 0.6) is 0 Å². The minimum atomic E-state index is -0.371. The Kier molecular flexibility index (Phi) is 3.27. The second kappa shape index (κ2) is 5.23. The summed E-state index contributed by atoms with van der Waals surface area (Å²) in [5, 5.41) is 4.08. The number of hydrazine groups is 1. The lowest BCUT2D eigenvalue weighted by atomic mass is 9.89. The molecule has 2 heterocycles. The van der Waals surface area contributed by atoms with Crippen LogP contribution >= 0.6 is 0 Å². The van der Waals surface area contributed by atoms with Gasteiger partial charge in [-0.25, -0.2) is 5.01 Å². The van der Waals surface area contributed by atoms with Gasteiger partial charge in [-0.3, -0.25) is 9.80 Å². The summed E-state index contributed by atoms with van der Waals surface area (Å²) in [6.07, 6.45) is 2.82. The maximum atomic E-state index is 12.6. The van der Waals surface area contributed by atoms with Crippen molar-refractivity contribution in [3.05, 3.63) is 71.3 Å². The summed E-state index contributed by atoms with van der Waals surface area (Å²) >= 11 is 0. The molecule has 0 unspecified atom stereocenters. The SMILES string of the molecule is Cc1ccccc1C1=CC(C)(C)N2C(=O)CCN2c2ccccc21. The normalized spacial score (nSPS) is 18.8. The third kappa shape index (κ3) is 2.15. The first kappa shape index (κ1) is 15.0. The van der Waals surface area contributed by atoms with Crippen LogP contribution in [0.1, 0.15) is 37.0 Å². The van der Waals surface area contributed by atoms with Crippen molar-refractivity contribution in [2.75, 3.05) is 11.6 Å². The van der Waals surface area contributed by atoms with E-state index in [9.17, 15) is 4.79 Å². The molecule has 0 spiro atoms. The highest BCUT2D eigenvalue weighted by Gasteiger charge is 2.42. The fourth-order valence-electron chi connectivity index (χ4n) is 3.92. The van der Waals surface area contributed by atoms with Gasteiger partial charge in [0.1, 0.15) is 0 Å². The third-order valence-electron chi connectivity index (χ3n) is 4.97. The molecule has 122 valence electrons. The molecule has 2 aliphatic rings. The van der Waals surface area contributed by atoms with Crippen LogP contribution in [-0.2, 0) is 4.79 Å². The van der Waals surface area contributed by atoms with E-state index >= 15 is 0 Å². The first-order valence-electron chi connectivity index (χ1n) is 8.48. The molecule has 0 aliphatic carbocycles. The highest BCUT2D eigenvalue weighted by molar-refractivity contribution is 5.93. The van der Waals surface area contributed by atoms with Crippen molar-refractivity contribution in [2.24, 2.45) is 0 Å². The van der Waals surface area contributed by atoms with Crippen molar-refractivity contribution in [3.63, 3.8) is 0 Å². The van der Waals surface area contributed by atoms with Crippen LogP contribution in [0.25, 0.3) is 5.57 Å². The van der Waals surface area contributed by atoms with Crippen molar-refractivity contribution < 1.29 is 4.79 Å². The summed E-state index contributed by atoms with van der Waals surface area (Å²) in [4.78, 5) is 12.6.